The molecule has 1 heterocycles. The Morgan fingerprint density at radius 1 is 1.23 bits per heavy atom. The van der Waals surface area contributed by atoms with Crippen LogP contribution < -0.4 is 0 Å². The summed E-state index contributed by atoms with van der Waals surface area (Å²) in [5.74, 6) is -0.194. The maximum Gasteiger partial charge on any atom is 0.257 e. The van der Waals surface area contributed by atoms with Crippen LogP contribution in [-0.4, -0.2) is 27.0 Å². The summed E-state index contributed by atoms with van der Waals surface area (Å²) in [6.45, 7) is 4.55. The first-order chi connectivity index (χ1) is 10.5. The van der Waals surface area contributed by atoms with Gasteiger partial charge in [0, 0.05) is 12.6 Å². The summed E-state index contributed by atoms with van der Waals surface area (Å²) in [4.78, 5) is 14.6. The minimum Gasteiger partial charge on any atom is -0.332 e. The number of carbonyl (C=O) groups is 1. The van der Waals surface area contributed by atoms with Gasteiger partial charge in [0.15, 0.2) is 10.3 Å². The molecule has 1 atom stereocenters. The summed E-state index contributed by atoms with van der Waals surface area (Å²) in [6.07, 6.45) is 0.836. The maximum absolute atomic E-state index is 12.8. The molecule has 0 saturated carbocycles. The molecule has 0 saturated heterocycles. The molecule has 2 rings (SSSR count). The first-order valence-electron chi connectivity index (χ1n) is 7.06. The third-order valence-corrected chi connectivity index (χ3v) is 3.99. The number of amides is 1. The molecule has 0 aliphatic heterocycles. The van der Waals surface area contributed by atoms with Gasteiger partial charge in [-0.25, -0.2) is 0 Å². The van der Waals surface area contributed by atoms with Crippen LogP contribution in [0.1, 0.15) is 36.2 Å². The number of hydrogen-bond acceptors (Lipinski definition) is 3. The fraction of sp³-hybridized carbons (Fsp3) is 0.312. The zero-order valence-electron chi connectivity index (χ0n) is 12.5. The Hall–Kier alpha value is -1.65. The summed E-state index contributed by atoms with van der Waals surface area (Å²) in [6, 6.07) is 11.3. The van der Waals surface area contributed by atoms with Crippen molar-refractivity contribution in [3.05, 3.63) is 57.8 Å². The number of rotatable bonds is 5. The lowest BCUT2D eigenvalue weighted by molar-refractivity contribution is 0.0671. The normalized spacial score (nSPS) is 12.0. The molecule has 6 heteroatoms. The van der Waals surface area contributed by atoms with Crippen LogP contribution in [0.15, 0.2) is 36.4 Å². The third-order valence-electron chi connectivity index (χ3n) is 3.53. The zero-order chi connectivity index (χ0) is 16.1. The van der Waals surface area contributed by atoms with Gasteiger partial charge in [0.25, 0.3) is 5.91 Å². The van der Waals surface area contributed by atoms with E-state index >= 15 is 0 Å². The lowest BCUT2D eigenvalue weighted by atomic mass is 10.1. The van der Waals surface area contributed by atoms with E-state index in [9.17, 15) is 4.79 Å². The van der Waals surface area contributed by atoms with Crippen LogP contribution in [0.5, 0.6) is 0 Å². The highest BCUT2D eigenvalue weighted by atomic mass is 35.5. The second-order valence-electron chi connectivity index (χ2n) is 5.05. The van der Waals surface area contributed by atoms with Crippen LogP contribution in [0.2, 0.25) is 10.3 Å². The minimum absolute atomic E-state index is 0.0655. The number of nitrogens with zero attached hydrogens (tertiary/aromatic N) is 3. The Morgan fingerprint density at radius 3 is 2.55 bits per heavy atom. The first kappa shape index (κ1) is 16.7. The topological polar surface area (TPSA) is 46.1 Å². The molecule has 0 N–H and O–H groups in total. The summed E-state index contributed by atoms with van der Waals surface area (Å²) >= 11 is 11.8. The van der Waals surface area contributed by atoms with Crippen molar-refractivity contribution < 1.29 is 4.79 Å². The SMILES string of the molecule is CCC(C)N(Cc1ccccc1)C(=O)c1cc(Cl)nnc1Cl. The summed E-state index contributed by atoms with van der Waals surface area (Å²) in [5.41, 5.74) is 1.33. The number of hydrogen-bond donors (Lipinski definition) is 0. The first-order valence-corrected chi connectivity index (χ1v) is 7.82. The van der Waals surface area contributed by atoms with Gasteiger partial charge >= 0.3 is 0 Å². The van der Waals surface area contributed by atoms with Gasteiger partial charge in [0.2, 0.25) is 0 Å². The third kappa shape index (κ3) is 3.96. The van der Waals surface area contributed by atoms with Crippen LogP contribution in [0.25, 0.3) is 0 Å². The van der Waals surface area contributed by atoms with Gasteiger partial charge < -0.3 is 4.90 Å². The van der Waals surface area contributed by atoms with E-state index in [1.165, 1.54) is 6.07 Å². The van der Waals surface area contributed by atoms with Gasteiger partial charge in [0.05, 0.1) is 5.56 Å². The number of halogens is 2. The van der Waals surface area contributed by atoms with Crippen LogP contribution in [-0.2, 0) is 6.54 Å². The van der Waals surface area contributed by atoms with Gasteiger partial charge in [-0.3, -0.25) is 4.79 Å². The Balaban J connectivity index is 2.32. The van der Waals surface area contributed by atoms with E-state index in [-0.39, 0.29) is 27.8 Å². The second kappa shape index (κ2) is 7.56. The predicted molar refractivity (Wildman–Crippen MR) is 88.1 cm³/mol. The highest BCUT2D eigenvalue weighted by Gasteiger charge is 2.24. The Labute approximate surface area is 140 Å². The van der Waals surface area contributed by atoms with E-state index in [1.807, 2.05) is 44.2 Å². The van der Waals surface area contributed by atoms with Gasteiger partial charge in [-0.2, -0.15) is 0 Å². The predicted octanol–water partition coefficient (Wildman–Crippen LogP) is 4.22. The maximum atomic E-state index is 12.8. The van der Waals surface area contributed by atoms with Crippen molar-refractivity contribution in [1.82, 2.24) is 15.1 Å². The molecular formula is C16H17Cl2N3O. The molecule has 2 aromatic rings. The standard InChI is InChI=1S/C16H17Cl2N3O/c1-3-11(2)21(10-12-7-5-4-6-8-12)16(22)13-9-14(17)19-20-15(13)18/h4-9,11H,3,10H2,1-2H3. The van der Waals surface area contributed by atoms with Crippen LogP contribution in [0, 0.1) is 0 Å². The molecule has 22 heavy (non-hydrogen) atoms. The Kier molecular flexibility index (Phi) is 5.75. The molecule has 116 valence electrons. The molecule has 1 aromatic carbocycles. The summed E-state index contributed by atoms with van der Waals surface area (Å²) in [7, 11) is 0. The number of aromatic nitrogens is 2. The Bertz CT molecular complexity index is 649. The van der Waals surface area contributed by atoms with Crippen molar-refractivity contribution >= 4 is 29.1 Å². The average molecular weight is 338 g/mol. The van der Waals surface area contributed by atoms with Crippen molar-refractivity contribution in [2.75, 3.05) is 0 Å². The van der Waals surface area contributed by atoms with E-state index in [2.05, 4.69) is 10.2 Å². The van der Waals surface area contributed by atoms with Crippen LogP contribution in [0.3, 0.4) is 0 Å². The molecular weight excluding hydrogens is 321 g/mol. The van der Waals surface area contributed by atoms with E-state index in [4.69, 9.17) is 23.2 Å². The summed E-state index contributed by atoms with van der Waals surface area (Å²) < 4.78 is 0. The lowest BCUT2D eigenvalue weighted by Gasteiger charge is -2.29. The molecule has 0 aliphatic carbocycles. The monoisotopic (exact) mass is 337 g/mol. The zero-order valence-corrected chi connectivity index (χ0v) is 14.0. The van der Waals surface area contributed by atoms with Crippen molar-refractivity contribution in [2.24, 2.45) is 0 Å². The van der Waals surface area contributed by atoms with E-state index in [0.717, 1.165) is 12.0 Å². The van der Waals surface area contributed by atoms with Gasteiger partial charge in [-0.1, -0.05) is 60.5 Å². The minimum atomic E-state index is -0.194. The molecule has 0 spiro atoms. The van der Waals surface area contributed by atoms with E-state index in [1.54, 1.807) is 4.90 Å². The van der Waals surface area contributed by atoms with Gasteiger partial charge in [-0.05, 0) is 25.0 Å². The molecule has 4 nitrogen and oxygen atoms in total. The molecule has 0 bridgehead atoms. The van der Waals surface area contributed by atoms with E-state index < -0.39 is 0 Å². The Morgan fingerprint density at radius 2 is 1.91 bits per heavy atom. The second-order valence-corrected chi connectivity index (χ2v) is 5.79. The quantitative estimate of drug-likeness (QED) is 0.820. The van der Waals surface area contributed by atoms with Crippen LogP contribution >= 0.6 is 23.2 Å². The molecule has 1 unspecified atom stereocenters. The summed E-state index contributed by atoms with van der Waals surface area (Å²) in [5, 5.41) is 7.57. The largest absolute Gasteiger partial charge is 0.332 e. The lowest BCUT2D eigenvalue weighted by Crippen LogP contribution is -2.38. The van der Waals surface area contributed by atoms with Gasteiger partial charge in [-0.15, -0.1) is 10.2 Å². The fourth-order valence-electron chi connectivity index (χ4n) is 2.09. The molecule has 1 amide bonds. The van der Waals surface area contributed by atoms with Crippen LogP contribution in [0.4, 0.5) is 0 Å². The number of benzene rings is 1. The van der Waals surface area contributed by atoms with Crippen molar-refractivity contribution in [1.29, 1.82) is 0 Å². The highest BCUT2D eigenvalue weighted by Crippen LogP contribution is 2.21. The highest BCUT2D eigenvalue weighted by molar-refractivity contribution is 6.34. The smallest absolute Gasteiger partial charge is 0.257 e. The average Bonchev–Trinajstić information content (AvgIpc) is 2.54. The molecule has 1 aromatic heterocycles. The van der Waals surface area contributed by atoms with Gasteiger partial charge in [0.1, 0.15) is 0 Å². The van der Waals surface area contributed by atoms with E-state index in [0.29, 0.717) is 6.54 Å². The number of carbonyl (C=O) groups excluding carboxylic acids is 1. The molecule has 0 aliphatic rings. The fourth-order valence-corrected chi connectivity index (χ4v) is 2.41. The molecule has 0 fully saturated rings. The van der Waals surface area contributed by atoms with Crippen molar-refractivity contribution in [3.63, 3.8) is 0 Å². The molecule has 0 radical (unpaired) electrons. The van der Waals surface area contributed by atoms with Crippen molar-refractivity contribution in [2.45, 2.75) is 32.9 Å². The van der Waals surface area contributed by atoms with Crippen molar-refractivity contribution in [3.8, 4) is 0 Å².